The van der Waals surface area contributed by atoms with Crippen molar-refractivity contribution in [2.45, 2.75) is 6.42 Å². The van der Waals surface area contributed by atoms with Gasteiger partial charge in [0.1, 0.15) is 11.5 Å². The predicted molar refractivity (Wildman–Crippen MR) is 94.5 cm³/mol. The zero-order valence-electron chi connectivity index (χ0n) is 13.1. The van der Waals surface area contributed by atoms with E-state index >= 15 is 0 Å². The molecule has 1 N–H and O–H groups in total. The van der Waals surface area contributed by atoms with E-state index < -0.39 is 6.09 Å². The maximum absolute atomic E-state index is 11.7. The molecule has 0 fully saturated rings. The molecule has 0 aliphatic heterocycles. The number of anilines is 1. The van der Waals surface area contributed by atoms with Gasteiger partial charge in [0.15, 0.2) is 0 Å². The minimum atomic E-state index is -0.616. The van der Waals surface area contributed by atoms with Crippen LogP contribution in [0, 0.1) is 0 Å². The molecular formula is C17H17Cl2NO4. The summed E-state index contributed by atoms with van der Waals surface area (Å²) in [6.07, 6.45) is -0.0650. The van der Waals surface area contributed by atoms with Crippen LogP contribution in [-0.2, 0) is 4.74 Å². The van der Waals surface area contributed by atoms with Crippen molar-refractivity contribution in [3.05, 3.63) is 52.5 Å². The van der Waals surface area contributed by atoms with Crippen LogP contribution in [0.15, 0.2) is 42.5 Å². The van der Waals surface area contributed by atoms with Gasteiger partial charge in [0.2, 0.25) is 0 Å². The molecule has 0 unspecified atom stereocenters. The number of hydrogen-bond donors (Lipinski definition) is 1. The highest BCUT2D eigenvalue weighted by Crippen LogP contribution is 2.29. The van der Waals surface area contributed by atoms with Gasteiger partial charge in [-0.25, -0.2) is 4.79 Å². The second-order valence-electron chi connectivity index (χ2n) is 4.74. The highest BCUT2D eigenvalue weighted by Gasteiger charge is 2.10. The number of carbonyl (C=O) groups excluding carboxylic acids is 1. The Balaban J connectivity index is 1.67. The molecule has 2 aromatic carbocycles. The fourth-order valence-corrected chi connectivity index (χ4v) is 2.33. The molecule has 0 saturated heterocycles. The molecule has 0 heterocycles. The summed E-state index contributed by atoms with van der Waals surface area (Å²) in [5, 5.41) is 3.22. The van der Waals surface area contributed by atoms with Crippen LogP contribution in [0.2, 0.25) is 10.0 Å². The zero-order chi connectivity index (χ0) is 17.4. The normalized spacial score (nSPS) is 10.1. The van der Waals surface area contributed by atoms with E-state index in [-0.39, 0.29) is 6.61 Å². The summed E-state index contributed by atoms with van der Waals surface area (Å²) in [6.45, 7) is 0.635. The van der Waals surface area contributed by atoms with Crippen molar-refractivity contribution in [3.8, 4) is 11.5 Å². The van der Waals surface area contributed by atoms with E-state index in [1.807, 2.05) is 24.3 Å². The van der Waals surface area contributed by atoms with E-state index in [0.29, 0.717) is 28.8 Å². The first kappa shape index (κ1) is 18.2. The molecule has 7 heteroatoms. The van der Waals surface area contributed by atoms with Gasteiger partial charge < -0.3 is 14.2 Å². The molecule has 0 aliphatic rings. The summed E-state index contributed by atoms with van der Waals surface area (Å²) in [6, 6.07) is 12.2. The van der Waals surface area contributed by atoms with E-state index in [9.17, 15) is 4.79 Å². The molecule has 0 saturated carbocycles. The lowest BCUT2D eigenvalue weighted by atomic mass is 10.3. The Morgan fingerprint density at radius 1 is 1.00 bits per heavy atom. The number of nitrogens with one attached hydrogen (secondary N) is 1. The van der Waals surface area contributed by atoms with Crippen molar-refractivity contribution < 1.29 is 19.0 Å². The van der Waals surface area contributed by atoms with Crippen LogP contribution in [0.1, 0.15) is 6.42 Å². The SMILES string of the molecule is COc1ccc(OCCCOC(=O)Nc2c(Cl)cccc2Cl)cc1. The van der Waals surface area contributed by atoms with Crippen molar-refractivity contribution in [1.29, 1.82) is 0 Å². The molecule has 0 aliphatic carbocycles. The summed E-state index contributed by atoms with van der Waals surface area (Å²) < 4.78 is 15.7. The summed E-state index contributed by atoms with van der Waals surface area (Å²) in [7, 11) is 1.61. The van der Waals surface area contributed by atoms with E-state index in [1.54, 1.807) is 25.3 Å². The Hall–Kier alpha value is -2.11. The van der Waals surface area contributed by atoms with Gasteiger partial charge in [0, 0.05) is 6.42 Å². The van der Waals surface area contributed by atoms with Crippen LogP contribution in [0.5, 0.6) is 11.5 Å². The molecule has 0 radical (unpaired) electrons. The number of amides is 1. The first-order valence-corrected chi connectivity index (χ1v) is 8.00. The van der Waals surface area contributed by atoms with Gasteiger partial charge in [0.25, 0.3) is 0 Å². The first-order valence-electron chi connectivity index (χ1n) is 7.25. The molecule has 24 heavy (non-hydrogen) atoms. The zero-order valence-corrected chi connectivity index (χ0v) is 14.6. The lowest BCUT2D eigenvalue weighted by molar-refractivity contribution is 0.152. The molecule has 0 bridgehead atoms. The standard InChI is InChI=1S/C17H17Cl2NO4/c1-22-12-6-8-13(9-7-12)23-10-3-11-24-17(21)20-16-14(18)4-2-5-15(16)19/h2,4-9H,3,10-11H2,1H3,(H,20,21). The average molecular weight is 370 g/mol. The fraction of sp³-hybridized carbons (Fsp3) is 0.235. The molecule has 2 rings (SSSR count). The second-order valence-corrected chi connectivity index (χ2v) is 5.55. The van der Waals surface area contributed by atoms with Crippen molar-refractivity contribution in [3.63, 3.8) is 0 Å². The summed E-state index contributed by atoms with van der Waals surface area (Å²) in [5.74, 6) is 1.49. The minimum Gasteiger partial charge on any atom is -0.497 e. The highest BCUT2D eigenvalue weighted by molar-refractivity contribution is 6.39. The van der Waals surface area contributed by atoms with E-state index in [1.165, 1.54) is 0 Å². The van der Waals surface area contributed by atoms with Crippen molar-refractivity contribution in [2.24, 2.45) is 0 Å². The highest BCUT2D eigenvalue weighted by atomic mass is 35.5. The maximum Gasteiger partial charge on any atom is 0.411 e. The number of halogens is 2. The van der Waals surface area contributed by atoms with Crippen LogP contribution in [-0.4, -0.2) is 26.4 Å². The molecular weight excluding hydrogens is 353 g/mol. The monoisotopic (exact) mass is 369 g/mol. The lowest BCUT2D eigenvalue weighted by Gasteiger charge is -2.10. The molecule has 1 amide bonds. The number of methoxy groups -OCH3 is 1. The number of benzene rings is 2. The quantitative estimate of drug-likeness (QED) is 0.696. The van der Waals surface area contributed by atoms with Crippen LogP contribution < -0.4 is 14.8 Å². The van der Waals surface area contributed by atoms with Crippen molar-refractivity contribution in [1.82, 2.24) is 0 Å². The largest absolute Gasteiger partial charge is 0.497 e. The molecule has 0 spiro atoms. The number of rotatable bonds is 7. The minimum absolute atomic E-state index is 0.212. The van der Waals surface area contributed by atoms with E-state index in [4.69, 9.17) is 37.4 Å². The molecule has 128 valence electrons. The average Bonchev–Trinajstić information content (AvgIpc) is 2.58. The molecule has 2 aromatic rings. The van der Waals surface area contributed by atoms with E-state index in [2.05, 4.69) is 5.32 Å². The molecule has 0 aromatic heterocycles. The van der Waals surface area contributed by atoms with Gasteiger partial charge in [-0.15, -0.1) is 0 Å². The van der Waals surface area contributed by atoms with Gasteiger partial charge in [-0.3, -0.25) is 5.32 Å². The fourth-order valence-electron chi connectivity index (χ4n) is 1.84. The number of para-hydroxylation sites is 1. The van der Waals surface area contributed by atoms with Crippen LogP contribution in [0.4, 0.5) is 10.5 Å². The van der Waals surface area contributed by atoms with Crippen LogP contribution in [0.3, 0.4) is 0 Å². The number of hydrogen-bond acceptors (Lipinski definition) is 4. The Bertz CT molecular complexity index is 657. The summed E-state index contributed by atoms with van der Waals surface area (Å²) in [4.78, 5) is 11.7. The first-order chi connectivity index (χ1) is 11.6. The van der Waals surface area contributed by atoms with Gasteiger partial charge in [-0.05, 0) is 36.4 Å². The van der Waals surface area contributed by atoms with Gasteiger partial charge in [-0.1, -0.05) is 29.3 Å². The van der Waals surface area contributed by atoms with Gasteiger partial charge in [0.05, 0.1) is 36.1 Å². The Morgan fingerprint density at radius 3 is 2.25 bits per heavy atom. The van der Waals surface area contributed by atoms with Gasteiger partial charge in [-0.2, -0.15) is 0 Å². The Labute approximate surface area is 150 Å². The second kappa shape index (κ2) is 9.25. The number of ether oxygens (including phenoxy) is 3. The smallest absolute Gasteiger partial charge is 0.411 e. The third kappa shape index (κ3) is 5.51. The van der Waals surface area contributed by atoms with Crippen LogP contribution in [0.25, 0.3) is 0 Å². The predicted octanol–water partition coefficient (Wildman–Crippen LogP) is 5.02. The van der Waals surface area contributed by atoms with Crippen molar-refractivity contribution >= 4 is 35.0 Å². The Morgan fingerprint density at radius 2 is 1.62 bits per heavy atom. The Kier molecular flexibility index (Phi) is 7.03. The van der Waals surface area contributed by atoms with Crippen molar-refractivity contribution in [2.75, 3.05) is 25.6 Å². The number of carbonyl (C=O) groups is 1. The molecule has 5 nitrogen and oxygen atoms in total. The third-order valence-electron chi connectivity index (χ3n) is 3.04. The topological polar surface area (TPSA) is 56.8 Å². The van der Waals surface area contributed by atoms with E-state index in [0.717, 1.165) is 11.5 Å². The summed E-state index contributed by atoms with van der Waals surface area (Å²) >= 11 is 11.9. The maximum atomic E-state index is 11.7. The molecule has 0 atom stereocenters. The van der Waals surface area contributed by atoms with Gasteiger partial charge >= 0.3 is 6.09 Å². The van der Waals surface area contributed by atoms with Crippen LogP contribution >= 0.6 is 23.2 Å². The third-order valence-corrected chi connectivity index (χ3v) is 3.67. The summed E-state index contributed by atoms with van der Waals surface area (Å²) in [5.41, 5.74) is 0.334. The lowest BCUT2D eigenvalue weighted by Crippen LogP contribution is -2.16.